The number of rotatable bonds is 4. The number of hydrogen-bond donors (Lipinski definition) is 1. The number of carbonyl (C=O) groups excluding carboxylic acids is 1. The van der Waals surface area contributed by atoms with Gasteiger partial charge in [-0.25, -0.2) is 0 Å². The highest BCUT2D eigenvalue weighted by molar-refractivity contribution is 7.80. The van der Waals surface area contributed by atoms with E-state index in [9.17, 15) is 4.79 Å². The van der Waals surface area contributed by atoms with E-state index in [1.165, 1.54) is 6.26 Å². The molecule has 2 heterocycles. The topological polar surface area (TPSA) is 48.7 Å². The van der Waals surface area contributed by atoms with Crippen molar-refractivity contribution < 1.29 is 18.5 Å². The van der Waals surface area contributed by atoms with E-state index in [0.29, 0.717) is 23.4 Å². The highest BCUT2D eigenvalue weighted by Gasteiger charge is 2.52. The summed E-state index contributed by atoms with van der Waals surface area (Å²) in [5.74, 6) is 0.765. The first kappa shape index (κ1) is 15.4. The highest BCUT2D eigenvalue weighted by atomic mass is 32.1. The van der Waals surface area contributed by atoms with E-state index in [4.69, 9.17) is 13.7 Å². The van der Waals surface area contributed by atoms with E-state index in [1.807, 2.05) is 33.8 Å². The van der Waals surface area contributed by atoms with Gasteiger partial charge in [-0.2, -0.15) is 12.6 Å². The van der Waals surface area contributed by atoms with Crippen LogP contribution < -0.4 is 0 Å². The molecule has 20 heavy (non-hydrogen) atoms. The number of thiol groups is 1. The first-order chi connectivity index (χ1) is 9.30. The summed E-state index contributed by atoms with van der Waals surface area (Å²) in [5.41, 5.74) is 0.767. The summed E-state index contributed by atoms with van der Waals surface area (Å²) in [6, 6.07) is 1.73. The Kier molecular flexibility index (Phi) is 4.18. The normalized spacial score (nSPS) is 21.2. The lowest BCUT2D eigenvalue weighted by Gasteiger charge is -2.32. The zero-order valence-electron chi connectivity index (χ0n) is 12.2. The Labute approximate surface area is 125 Å². The Balaban J connectivity index is 2.29. The third kappa shape index (κ3) is 2.73. The quantitative estimate of drug-likeness (QED) is 0.527. The third-order valence-corrected chi connectivity index (χ3v) is 4.28. The van der Waals surface area contributed by atoms with Crippen LogP contribution in [0.25, 0.3) is 6.08 Å². The molecule has 0 saturated carbocycles. The van der Waals surface area contributed by atoms with Gasteiger partial charge < -0.3 is 13.7 Å². The molecule has 1 aromatic heterocycles. The summed E-state index contributed by atoms with van der Waals surface area (Å²) in [6.45, 7) is 7.99. The fraction of sp³-hybridized carbons (Fsp3) is 0.500. The van der Waals surface area contributed by atoms with Crippen LogP contribution in [0.5, 0.6) is 0 Å². The monoisotopic (exact) mass is 294 g/mol. The molecular weight excluding hydrogens is 275 g/mol. The fourth-order valence-electron chi connectivity index (χ4n) is 1.93. The average molecular weight is 294 g/mol. The lowest BCUT2D eigenvalue weighted by molar-refractivity contribution is 0.00578. The van der Waals surface area contributed by atoms with Gasteiger partial charge in [0, 0.05) is 11.3 Å². The summed E-state index contributed by atoms with van der Waals surface area (Å²) in [4.78, 5) is 10.9. The van der Waals surface area contributed by atoms with Crippen LogP contribution in [-0.4, -0.2) is 30.4 Å². The molecule has 0 atom stereocenters. The van der Waals surface area contributed by atoms with Gasteiger partial charge in [0.1, 0.15) is 0 Å². The molecule has 1 aliphatic heterocycles. The lowest BCUT2D eigenvalue weighted by Crippen LogP contribution is -2.41. The van der Waals surface area contributed by atoms with E-state index in [2.05, 4.69) is 12.6 Å². The van der Waals surface area contributed by atoms with E-state index < -0.39 is 18.3 Å². The Hall–Kier alpha value is -0.975. The average Bonchev–Trinajstić information content (AvgIpc) is 2.88. The second-order valence-corrected chi connectivity index (χ2v) is 6.14. The van der Waals surface area contributed by atoms with Crippen molar-refractivity contribution in [2.45, 2.75) is 38.9 Å². The van der Waals surface area contributed by atoms with Crippen LogP contribution in [0.15, 0.2) is 22.2 Å². The molecule has 0 bridgehead atoms. The number of hydrogen-bond acceptors (Lipinski definition) is 5. The van der Waals surface area contributed by atoms with E-state index in [0.717, 1.165) is 5.47 Å². The standard InChI is InChI=1S/C14H19BO4S/c1-13(2)14(3,4)19-15(18-13)11(9-20)7-10-5-6-17-12(10)8-16/h5-8,20H,9H2,1-4H3. The maximum Gasteiger partial charge on any atom is 0.491 e. The SMILES string of the molecule is CC1(C)OB(C(=Cc2ccoc2C=O)CS)OC1(C)C. The first-order valence-electron chi connectivity index (χ1n) is 6.50. The fourth-order valence-corrected chi connectivity index (χ4v) is 2.17. The van der Waals surface area contributed by atoms with Crippen molar-refractivity contribution in [2.24, 2.45) is 0 Å². The molecule has 4 nitrogen and oxygen atoms in total. The van der Waals surface area contributed by atoms with Gasteiger partial charge in [-0.05, 0) is 39.2 Å². The minimum absolute atomic E-state index is 0.292. The molecule has 0 spiro atoms. The zero-order valence-corrected chi connectivity index (χ0v) is 13.1. The molecule has 1 fully saturated rings. The van der Waals surface area contributed by atoms with Gasteiger partial charge in [0.15, 0.2) is 12.0 Å². The van der Waals surface area contributed by atoms with E-state index in [-0.39, 0.29) is 0 Å². The predicted octanol–water partition coefficient (Wildman–Crippen LogP) is 3.04. The van der Waals surface area contributed by atoms with Gasteiger partial charge >= 0.3 is 7.12 Å². The van der Waals surface area contributed by atoms with Crippen molar-refractivity contribution in [1.29, 1.82) is 0 Å². The Bertz CT molecular complexity index is 517. The van der Waals surface area contributed by atoms with Crippen molar-refractivity contribution in [3.05, 3.63) is 29.1 Å². The van der Waals surface area contributed by atoms with Crippen LogP contribution in [0, 0.1) is 0 Å². The van der Waals surface area contributed by atoms with Gasteiger partial charge in [0.2, 0.25) is 0 Å². The Morgan fingerprint density at radius 3 is 2.40 bits per heavy atom. The molecular formula is C14H19BO4S. The van der Waals surface area contributed by atoms with Crippen LogP contribution in [0.4, 0.5) is 0 Å². The minimum atomic E-state index is -0.466. The van der Waals surface area contributed by atoms with Gasteiger partial charge in [0.05, 0.1) is 17.5 Å². The minimum Gasteiger partial charge on any atom is -0.461 e. The Morgan fingerprint density at radius 2 is 1.90 bits per heavy atom. The lowest BCUT2D eigenvalue weighted by atomic mass is 9.78. The largest absolute Gasteiger partial charge is 0.491 e. The van der Waals surface area contributed by atoms with Crippen molar-refractivity contribution in [3.63, 3.8) is 0 Å². The van der Waals surface area contributed by atoms with Crippen LogP contribution in [0.3, 0.4) is 0 Å². The summed E-state index contributed by atoms with van der Waals surface area (Å²) < 4.78 is 17.0. The Morgan fingerprint density at radius 1 is 1.30 bits per heavy atom. The van der Waals surface area contributed by atoms with Crippen LogP contribution in [-0.2, 0) is 9.31 Å². The van der Waals surface area contributed by atoms with Crippen LogP contribution >= 0.6 is 12.6 Å². The highest BCUT2D eigenvalue weighted by Crippen LogP contribution is 2.39. The number of aldehydes is 1. The molecule has 0 amide bonds. The first-order valence-corrected chi connectivity index (χ1v) is 7.13. The molecule has 108 valence electrons. The molecule has 0 aliphatic carbocycles. The molecule has 1 saturated heterocycles. The van der Waals surface area contributed by atoms with Crippen LogP contribution in [0.1, 0.15) is 43.8 Å². The molecule has 6 heteroatoms. The maximum atomic E-state index is 10.9. The summed E-state index contributed by atoms with van der Waals surface area (Å²) in [5, 5.41) is 0. The molecule has 1 aromatic rings. The number of carbonyl (C=O) groups is 1. The van der Waals surface area contributed by atoms with E-state index >= 15 is 0 Å². The molecule has 0 unspecified atom stereocenters. The predicted molar refractivity (Wildman–Crippen MR) is 82.0 cm³/mol. The second kappa shape index (κ2) is 5.43. The van der Waals surface area contributed by atoms with Crippen molar-refractivity contribution in [1.82, 2.24) is 0 Å². The van der Waals surface area contributed by atoms with Gasteiger partial charge in [-0.1, -0.05) is 6.08 Å². The zero-order chi connectivity index (χ0) is 15.0. The van der Waals surface area contributed by atoms with Crippen molar-refractivity contribution in [3.8, 4) is 0 Å². The summed E-state index contributed by atoms with van der Waals surface area (Å²) >= 11 is 4.33. The number of furan rings is 1. The second-order valence-electron chi connectivity index (χ2n) is 5.82. The molecule has 2 rings (SSSR count). The van der Waals surface area contributed by atoms with Gasteiger partial charge in [-0.15, -0.1) is 0 Å². The molecule has 0 aromatic carbocycles. The molecule has 1 aliphatic rings. The molecule has 0 radical (unpaired) electrons. The maximum absolute atomic E-state index is 10.9. The third-order valence-electron chi connectivity index (χ3n) is 3.91. The smallest absolute Gasteiger partial charge is 0.461 e. The van der Waals surface area contributed by atoms with Crippen LogP contribution in [0.2, 0.25) is 0 Å². The molecule has 0 N–H and O–H groups in total. The van der Waals surface area contributed by atoms with Gasteiger partial charge in [-0.3, -0.25) is 4.79 Å². The van der Waals surface area contributed by atoms with E-state index in [1.54, 1.807) is 6.07 Å². The summed E-state index contributed by atoms with van der Waals surface area (Å²) in [7, 11) is -0.466. The van der Waals surface area contributed by atoms with Crippen molar-refractivity contribution in [2.75, 3.05) is 5.75 Å². The summed E-state index contributed by atoms with van der Waals surface area (Å²) in [6.07, 6.45) is 4.00. The van der Waals surface area contributed by atoms with Crippen molar-refractivity contribution >= 4 is 32.1 Å². The van der Waals surface area contributed by atoms with Gasteiger partial charge in [0.25, 0.3) is 0 Å².